The minimum absolute atomic E-state index is 0.114. The third-order valence-corrected chi connectivity index (χ3v) is 7.05. The molecule has 4 heteroatoms. The fourth-order valence-corrected chi connectivity index (χ4v) is 4.76. The van der Waals surface area contributed by atoms with Crippen LogP contribution in [0.1, 0.15) is 62.5 Å². The van der Waals surface area contributed by atoms with Crippen LogP contribution < -0.4 is 9.47 Å². The largest absolute Gasteiger partial charge is 0.497 e. The van der Waals surface area contributed by atoms with Crippen molar-refractivity contribution in [1.82, 2.24) is 0 Å². The van der Waals surface area contributed by atoms with Crippen LogP contribution in [0, 0.1) is 12.3 Å². The Hall–Kier alpha value is -2.33. The number of hydrogen-bond acceptors (Lipinski definition) is 4. The van der Waals surface area contributed by atoms with E-state index >= 15 is 0 Å². The molecule has 166 valence electrons. The molecule has 0 bridgehead atoms. The topological polar surface area (TPSA) is 35.5 Å². The van der Waals surface area contributed by atoms with E-state index in [2.05, 4.69) is 44.2 Å². The minimum Gasteiger partial charge on any atom is -0.497 e. The molecule has 3 nitrogen and oxygen atoms in total. The van der Waals surface area contributed by atoms with Gasteiger partial charge in [-0.2, -0.15) is 0 Å². The number of Topliss-reactive ketones (excluding diaryl/α,β-unsaturated/α-hetero) is 1. The van der Waals surface area contributed by atoms with Gasteiger partial charge in [-0.25, -0.2) is 0 Å². The van der Waals surface area contributed by atoms with E-state index in [1.807, 2.05) is 44.2 Å². The molecule has 0 spiro atoms. The Kier molecular flexibility index (Phi) is 7.42. The zero-order valence-electron chi connectivity index (χ0n) is 19.6. The smallest absolute Gasteiger partial charge is 0.175 e. The van der Waals surface area contributed by atoms with Crippen molar-refractivity contribution in [3.63, 3.8) is 0 Å². The predicted octanol–water partition coefficient (Wildman–Crippen LogP) is 7.34. The van der Waals surface area contributed by atoms with Gasteiger partial charge in [-0.1, -0.05) is 39.8 Å². The molecule has 1 unspecified atom stereocenters. The summed E-state index contributed by atoms with van der Waals surface area (Å²) in [5.41, 5.74) is 2.06. The Morgan fingerprint density at radius 3 is 2.52 bits per heavy atom. The summed E-state index contributed by atoms with van der Waals surface area (Å²) in [6.07, 6.45) is 3.28. The fraction of sp³-hybridized carbons (Fsp3) is 0.444. The normalized spacial score (nSPS) is 12.7. The standard InChI is InChI=1S/C27H34O3S/c1-7-19(8-11-23-16-21-15-22(29-6)10-13-25(21)31-23)20-9-12-24(18(2)14-20)30-17-26(28)27(3,4)5/h9-10,12-16,19H,7-8,11,17H2,1-6H3. The van der Waals surface area contributed by atoms with Crippen molar-refractivity contribution >= 4 is 27.2 Å². The average Bonchev–Trinajstić information content (AvgIpc) is 3.14. The molecular weight excluding hydrogens is 404 g/mol. The number of hydrogen-bond donors (Lipinski definition) is 0. The molecule has 0 N–H and O–H groups in total. The molecule has 1 heterocycles. The van der Waals surface area contributed by atoms with Crippen molar-refractivity contribution in [1.29, 1.82) is 0 Å². The first kappa shape index (κ1) is 23.3. The molecule has 1 atom stereocenters. The van der Waals surface area contributed by atoms with Gasteiger partial charge >= 0.3 is 0 Å². The average molecular weight is 439 g/mol. The molecule has 0 saturated heterocycles. The Balaban J connectivity index is 1.65. The van der Waals surface area contributed by atoms with Gasteiger partial charge in [0, 0.05) is 15.0 Å². The zero-order valence-corrected chi connectivity index (χ0v) is 20.4. The number of thiophene rings is 1. The van der Waals surface area contributed by atoms with Crippen LogP contribution in [0.2, 0.25) is 0 Å². The summed E-state index contributed by atoms with van der Waals surface area (Å²) >= 11 is 1.87. The van der Waals surface area contributed by atoms with Crippen molar-refractivity contribution in [2.75, 3.05) is 13.7 Å². The summed E-state index contributed by atoms with van der Waals surface area (Å²) in [5, 5.41) is 1.26. The first-order valence-electron chi connectivity index (χ1n) is 11.0. The highest BCUT2D eigenvalue weighted by molar-refractivity contribution is 7.19. The zero-order chi connectivity index (χ0) is 22.6. The lowest BCUT2D eigenvalue weighted by molar-refractivity contribution is -0.128. The van der Waals surface area contributed by atoms with Gasteiger partial charge in [0.1, 0.15) is 18.1 Å². The number of carbonyl (C=O) groups excluding carboxylic acids is 1. The Morgan fingerprint density at radius 1 is 1.10 bits per heavy atom. The predicted molar refractivity (Wildman–Crippen MR) is 131 cm³/mol. The Morgan fingerprint density at radius 2 is 1.87 bits per heavy atom. The molecule has 0 aliphatic carbocycles. The molecule has 31 heavy (non-hydrogen) atoms. The molecule has 0 saturated carbocycles. The van der Waals surface area contributed by atoms with Crippen LogP contribution in [0.3, 0.4) is 0 Å². The molecule has 2 aromatic carbocycles. The number of rotatable bonds is 9. The first-order valence-corrected chi connectivity index (χ1v) is 11.9. The Labute approximate surface area is 190 Å². The second-order valence-corrected chi connectivity index (χ2v) is 10.4. The number of benzene rings is 2. The highest BCUT2D eigenvalue weighted by Crippen LogP contribution is 2.33. The maximum atomic E-state index is 12.2. The van der Waals surface area contributed by atoms with Crippen LogP contribution in [0.25, 0.3) is 10.1 Å². The molecule has 3 rings (SSSR count). The molecule has 1 aromatic heterocycles. The molecule has 0 aliphatic rings. The van der Waals surface area contributed by atoms with E-state index in [1.54, 1.807) is 7.11 Å². The maximum Gasteiger partial charge on any atom is 0.175 e. The monoisotopic (exact) mass is 438 g/mol. The van der Waals surface area contributed by atoms with E-state index in [-0.39, 0.29) is 17.8 Å². The number of carbonyl (C=O) groups is 1. The van der Waals surface area contributed by atoms with E-state index in [1.165, 1.54) is 20.5 Å². The molecule has 0 fully saturated rings. The van der Waals surface area contributed by atoms with Crippen LogP contribution in [-0.2, 0) is 11.2 Å². The Bertz CT molecular complexity index is 1040. The molecule has 3 aromatic rings. The highest BCUT2D eigenvalue weighted by Gasteiger charge is 2.22. The van der Waals surface area contributed by atoms with Gasteiger partial charge in [0.05, 0.1) is 7.11 Å². The van der Waals surface area contributed by atoms with Crippen molar-refractivity contribution in [2.24, 2.45) is 5.41 Å². The number of methoxy groups -OCH3 is 1. The van der Waals surface area contributed by atoms with E-state index in [4.69, 9.17) is 9.47 Å². The SMILES string of the molecule is CCC(CCc1cc2cc(OC)ccc2s1)c1ccc(OCC(=O)C(C)(C)C)c(C)c1. The van der Waals surface area contributed by atoms with Crippen LogP contribution in [0.4, 0.5) is 0 Å². The van der Waals surface area contributed by atoms with Crippen LogP contribution in [-0.4, -0.2) is 19.5 Å². The van der Waals surface area contributed by atoms with Crippen LogP contribution >= 0.6 is 11.3 Å². The van der Waals surface area contributed by atoms with Gasteiger partial charge in [-0.15, -0.1) is 11.3 Å². The van der Waals surface area contributed by atoms with Gasteiger partial charge in [0.15, 0.2) is 5.78 Å². The van der Waals surface area contributed by atoms with E-state index < -0.39 is 0 Å². The lowest BCUT2D eigenvalue weighted by Gasteiger charge is -2.19. The highest BCUT2D eigenvalue weighted by atomic mass is 32.1. The van der Waals surface area contributed by atoms with E-state index in [9.17, 15) is 4.79 Å². The summed E-state index contributed by atoms with van der Waals surface area (Å²) in [7, 11) is 1.71. The van der Waals surface area contributed by atoms with Crippen LogP contribution in [0.15, 0.2) is 42.5 Å². The summed E-state index contributed by atoms with van der Waals surface area (Å²) < 4.78 is 12.5. The van der Waals surface area contributed by atoms with Gasteiger partial charge in [-0.05, 0) is 78.9 Å². The van der Waals surface area contributed by atoms with Crippen molar-refractivity contribution in [3.05, 3.63) is 58.5 Å². The number of ketones is 1. The second-order valence-electron chi connectivity index (χ2n) is 9.25. The van der Waals surface area contributed by atoms with Crippen molar-refractivity contribution in [2.45, 2.75) is 59.8 Å². The third kappa shape index (κ3) is 5.88. The molecule has 0 amide bonds. The lowest BCUT2D eigenvalue weighted by atomic mass is 9.90. The summed E-state index contributed by atoms with van der Waals surface area (Å²) in [5.74, 6) is 2.33. The number of fused-ring (bicyclic) bond motifs is 1. The number of ether oxygens (including phenoxy) is 2. The lowest BCUT2D eigenvalue weighted by Crippen LogP contribution is -2.26. The fourth-order valence-electron chi connectivity index (χ4n) is 3.70. The molecular formula is C27H34O3S. The van der Waals surface area contributed by atoms with Gasteiger partial charge in [-0.3, -0.25) is 4.79 Å². The summed E-state index contributed by atoms with van der Waals surface area (Å²) in [4.78, 5) is 13.6. The van der Waals surface area contributed by atoms with Crippen molar-refractivity contribution in [3.8, 4) is 11.5 Å². The number of aryl methyl sites for hydroxylation is 2. The van der Waals surface area contributed by atoms with E-state index in [0.29, 0.717) is 5.92 Å². The quantitative estimate of drug-likeness (QED) is 0.351. The van der Waals surface area contributed by atoms with Gasteiger partial charge in [0.2, 0.25) is 0 Å². The molecule has 0 aliphatic heterocycles. The first-order chi connectivity index (χ1) is 14.7. The molecule has 0 radical (unpaired) electrons. The maximum absolute atomic E-state index is 12.2. The minimum atomic E-state index is -0.376. The third-order valence-electron chi connectivity index (χ3n) is 5.87. The van der Waals surface area contributed by atoms with Gasteiger partial charge in [0.25, 0.3) is 0 Å². The van der Waals surface area contributed by atoms with Gasteiger partial charge < -0.3 is 9.47 Å². The summed E-state index contributed by atoms with van der Waals surface area (Å²) in [6, 6.07) is 15.0. The van der Waals surface area contributed by atoms with Crippen molar-refractivity contribution < 1.29 is 14.3 Å². The second kappa shape index (κ2) is 9.86. The van der Waals surface area contributed by atoms with E-state index in [0.717, 1.165) is 36.3 Å². The summed E-state index contributed by atoms with van der Waals surface area (Å²) in [6.45, 7) is 10.2. The van der Waals surface area contributed by atoms with Crippen LogP contribution in [0.5, 0.6) is 11.5 Å².